The molecule has 2 aliphatic rings. The van der Waals surface area contributed by atoms with Crippen LogP contribution in [0.4, 0.5) is 0 Å². The van der Waals surface area contributed by atoms with Crippen LogP contribution in [-0.4, -0.2) is 11.8 Å². The molecule has 1 aliphatic carbocycles. The third kappa shape index (κ3) is 2.74. The molecular weight excluding hydrogens is 264 g/mol. The van der Waals surface area contributed by atoms with Crippen molar-refractivity contribution >= 4 is 11.8 Å². The molecule has 0 amide bonds. The van der Waals surface area contributed by atoms with Crippen LogP contribution in [0, 0.1) is 5.92 Å². The van der Waals surface area contributed by atoms with Gasteiger partial charge < -0.3 is 4.74 Å². The standard InChI is InChI=1S/C18H24O3/c1-5-11-9-12(17(19)13(11)6-2)10-16-14(7-3)15(8-4)18(20)21-16/h10,12H,5-9H2,1-4H3/b16-10-. The van der Waals surface area contributed by atoms with E-state index in [4.69, 9.17) is 4.74 Å². The van der Waals surface area contributed by atoms with E-state index in [0.717, 1.165) is 42.4 Å². The van der Waals surface area contributed by atoms with Crippen LogP contribution in [0.3, 0.4) is 0 Å². The van der Waals surface area contributed by atoms with Crippen molar-refractivity contribution < 1.29 is 14.3 Å². The van der Waals surface area contributed by atoms with Gasteiger partial charge in [-0.15, -0.1) is 0 Å². The highest BCUT2D eigenvalue weighted by molar-refractivity contribution is 6.02. The summed E-state index contributed by atoms with van der Waals surface area (Å²) in [6, 6.07) is 0. The fraction of sp³-hybridized carbons (Fsp3) is 0.556. The Kier molecular flexibility index (Phi) is 4.81. The van der Waals surface area contributed by atoms with Crippen LogP contribution in [0.1, 0.15) is 59.8 Å². The second-order valence-electron chi connectivity index (χ2n) is 5.55. The molecule has 0 aromatic rings. The predicted octanol–water partition coefficient (Wildman–Crippen LogP) is 4.25. The summed E-state index contributed by atoms with van der Waals surface area (Å²) in [6.07, 6.45) is 5.80. The van der Waals surface area contributed by atoms with Gasteiger partial charge in [0.25, 0.3) is 0 Å². The Morgan fingerprint density at radius 3 is 2.05 bits per heavy atom. The molecule has 1 heterocycles. The molecular formula is C18H24O3. The quantitative estimate of drug-likeness (QED) is 0.710. The Bertz CT molecular complexity index is 561. The van der Waals surface area contributed by atoms with E-state index in [1.165, 1.54) is 5.57 Å². The van der Waals surface area contributed by atoms with E-state index in [1.807, 2.05) is 26.8 Å². The second-order valence-corrected chi connectivity index (χ2v) is 5.55. The van der Waals surface area contributed by atoms with Gasteiger partial charge in [0.15, 0.2) is 5.78 Å². The summed E-state index contributed by atoms with van der Waals surface area (Å²) in [5.41, 5.74) is 3.96. The fourth-order valence-electron chi connectivity index (χ4n) is 3.35. The lowest BCUT2D eigenvalue weighted by molar-refractivity contribution is -0.133. The molecule has 0 saturated carbocycles. The van der Waals surface area contributed by atoms with Crippen molar-refractivity contribution in [3.05, 3.63) is 34.1 Å². The van der Waals surface area contributed by atoms with Gasteiger partial charge in [-0.1, -0.05) is 33.3 Å². The normalized spacial score (nSPS) is 24.6. The van der Waals surface area contributed by atoms with Crippen molar-refractivity contribution in [2.75, 3.05) is 0 Å². The first-order valence-corrected chi connectivity index (χ1v) is 7.98. The summed E-state index contributed by atoms with van der Waals surface area (Å²) in [5.74, 6) is 0.421. The van der Waals surface area contributed by atoms with E-state index in [0.29, 0.717) is 12.2 Å². The molecule has 3 heteroatoms. The van der Waals surface area contributed by atoms with Gasteiger partial charge in [-0.25, -0.2) is 4.79 Å². The lowest BCUT2D eigenvalue weighted by Crippen LogP contribution is -2.09. The Morgan fingerprint density at radius 1 is 0.952 bits per heavy atom. The lowest BCUT2D eigenvalue weighted by Gasteiger charge is -2.07. The molecule has 2 rings (SSSR count). The summed E-state index contributed by atoms with van der Waals surface area (Å²) >= 11 is 0. The van der Waals surface area contributed by atoms with Gasteiger partial charge in [0.2, 0.25) is 0 Å². The third-order valence-corrected chi connectivity index (χ3v) is 4.48. The van der Waals surface area contributed by atoms with E-state index in [-0.39, 0.29) is 17.7 Å². The first kappa shape index (κ1) is 15.7. The van der Waals surface area contributed by atoms with Crippen LogP contribution in [0.2, 0.25) is 0 Å². The minimum absolute atomic E-state index is 0.157. The number of hydrogen-bond acceptors (Lipinski definition) is 3. The Morgan fingerprint density at radius 2 is 1.57 bits per heavy atom. The molecule has 0 aromatic heterocycles. The van der Waals surface area contributed by atoms with Crippen molar-refractivity contribution in [3.8, 4) is 0 Å². The zero-order chi connectivity index (χ0) is 15.6. The minimum atomic E-state index is -0.245. The molecule has 3 nitrogen and oxygen atoms in total. The van der Waals surface area contributed by atoms with Gasteiger partial charge >= 0.3 is 5.97 Å². The topological polar surface area (TPSA) is 43.4 Å². The van der Waals surface area contributed by atoms with Crippen LogP contribution in [0.25, 0.3) is 0 Å². The van der Waals surface area contributed by atoms with Crippen LogP contribution < -0.4 is 0 Å². The number of carbonyl (C=O) groups is 2. The van der Waals surface area contributed by atoms with Gasteiger partial charge in [-0.3, -0.25) is 4.79 Å². The summed E-state index contributed by atoms with van der Waals surface area (Å²) in [5, 5.41) is 0. The van der Waals surface area contributed by atoms with Gasteiger partial charge in [-0.05, 0) is 43.8 Å². The first-order valence-electron chi connectivity index (χ1n) is 7.98. The SMILES string of the molecule is CCC1=C(CC)C(=O)C(/C=C2\OC(=O)C(CC)=C2CC)C1. The molecule has 1 aliphatic heterocycles. The highest BCUT2D eigenvalue weighted by Crippen LogP contribution is 2.37. The monoisotopic (exact) mass is 288 g/mol. The van der Waals surface area contributed by atoms with Crippen LogP contribution in [0.5, 0.6) is 0 Å². The van der Waals surface area contributed by atoms with E-state index in [2.05, 4.69) is 6.92 Å². The molecule has 1 atom stereocenters. The van der Waals surface area contributed by atoms with Crippen molar-refractivity contribution in [2.24, 2.45) is 5.92 Å². The first-order chi connectivity index (χ1) is 10.1. The number of hydrogen-bond donors (Lipinski definition) is 0. The largest absolute Gasteiger partial charge is 0.423 e. The molecule has 114 valence electrons. The average molecular weight is 288 g/mol. The number of rotatable bonds is 5. The van der Waals surface area contributed by atoms with Crippen LogP contribution in [-0.2, 0) is 14.3 Å². The number of ketones is 1. The van der Waals surface area contributed by atoms with E-state index >= 15 is 0 Å². The minimum Gasteiger partial charge on any atom is -0.423 e. The number of carbonyl (C=O) groups excluding carboxylic acids is 2. The molecule has 0 N–H and O–H groups in total. The molecule has 21 heavy (non-hydrogen) atoms. The molecule has 0 spiro atoms. The number of ether oxygens (including phenoxy) is 1. The molecule has 0 bridgehead atoms. The van der Waals surface area contributed by atoms with Gasteiger partial charge in [0.1, 0.15) is 5.76 Å². The number of cyclic esters (lactones) is 1. The molecule has 0 radical (unpaired) electrons. The van der Waals surface area contributed by atoms with Crippen LogP contribution >= 0.6 is 0 Å². The number of Topliss-reactive ketones (excluding diaryl/α,β-unsaturated/α-hetero) is 1. The Hall–Kier alpha value is -1.64. The smallest absolute Gasteiger partial charge is 0.339 e. The van der Waals surface area contributed by atoms with Gasteiger partial charge in [0, 0.05) is 17.1 Å². The zero-order valence-electron chi connectivity index (χ0n) is 13.4. The van der Waals surface area contributed by atoms with E-state index < -0.39 is 0 Å². The van der Waals surface area contributed by atoms with Gasteiger partial charge in [-0.2, -0.15) is 0 Å². The third-order valence-electron chi connectivity index (χ3n) is 4.48. The summed E-state index contributed by atoms with van der Waals surface area (Å²) < 4.78 is 5.39. The predicted molar refractivity (Wildman–Crippen MR) is 82.5 cm³/mol. The highest BCUT2D eigenvalue weighted by atomic mass is 16.5. The molecule has 0 aromatic carbocycles. The summed E-state index contributed by atoms with van der Waals surface area (Å²) in [7, 11) is 0. The fourth-order valence-corrected chi connectivity index (χ4v) is 3.35. The van der Waals surface area contributed by atoms with Crippen molar-refractivity contribution in [3.63, 3.8) is 0 Å². The number of allylic oxidation sites excluding steroid dienone is 4. The zero-order valence-corrected chi connectivity index (χ0v) is 13.4. The van der Waals surface area contributed by atoms with Crippen molar-refractivity contribution in [1.29, 1.82) is 0 Å². The van der Waals surface area contributed by atoms with Crippen molar-refractivity contribution in [1.82, 2.24) is 0 Å². The van der Waals surface area contributed by atoms with Gasteiger partial charge in [0.05, 0.1) is 0 Å². The summed E-state index contributed by atoms with van der Waals surface area (Å²) in [6.45, 7) is 8.10. The molecule has 1 unspecified atom stereocenters. The van der Waals surface area contributed by atoms with Crippen molar-refractivity contribution in [2.45, 2.75) is 59.8 Å². The van der Waals surface area contributed by atoms with E-state index in [1.54, 1.807) is 0 Å². The number of esters is 1. The Balaban J connectivity index is 2.29. The molecule has 0 saturated heterocycles. The van der Waals surface area contributed by atoms with E-state index in [9.17, 15) is 9.59 Å². The van der Waals surface area contributed by atoms with Crippen LogP contribution in [0.15, 0.2) is 34.1 Å². The maximum Gasteiger partial charge on any atom is 0.339 e. The summed E-state index contributed by atoms with van der Waals surface area (Å²) in [4.78, 5) is 24.3. The average Bonchev–Trinajstić information content (AvgIpc) is 2.95. The maximum atomic E-state index is 12.5. The lowest BCUT2D eigenvalue weighted by atomic mass is 9.97. The maximum absolute atomic E-state index is 12.5. The molecule has 0 fully saturated rings. The highest BCUT2D eigenvalue weighted by Gasteiger charge is 2.33. The second kappa shape index (κ2) is 6.42. The Labute approximate surface area is 126 Å².